The predicted octanol–water partition coefficient (Wildman–Crippen LogP) is 0.983. The minimum atomic E-state index is -2.50. The number of piperazine rings is 2. The van der Waals surface area contributed by atoms with Crippen LogP contribution in [0.15, 0.2) is 12.1 Å². The van der Waals surface area contributed by atoms with Crippen LogP contribution in [0.25, 0.3) is 0 Å². The molecule has 2 amide bonds. The summed E-state index contributed by atoms with van der Waals surface area (Å²) in [5, 5.41) is 8.52. The molecule has 0 radical (unpaired) electrons. The fraction of sp³-hybridized carbons (Fsp3) is 0.682. The molecule has 3 aliphatic rings. The number of carbonyl (C=O) groups is 2. The lowest BCUT2D eigenvalue weighted by atomic mass is 9.80. The summed E-state index contributed by atoms with van der Waals surface area (Å²) in [6.07, 6.45) is -0.301. The maximum Gasteiger partial charge on any atom is 0.269 e. The van der Waals surface area contributed by atoms with E-state index in [2.05, 4.69) is 25.8 Å². The molecule has 1 aromatic heterocycles. The standard InChI is InChI=1S/C22H31F3N6O2/c1-26-21(32)15-4-5-18(20(25)28-15)31-8-6-30(7-9-31)12-13-2-3-14-16(10-13)29-22(33)17(27-14)11-19(23)24/h4-5,13-14,16-17,19,27H,2-3,6-12H2,1H3,(H,26,32)(H,29,33). The number of pyridine rings is 1. The van der Waals surface area contributed by atoms with Gasteiger partial charge < -0.3 is 20.9 Å². The molecule has 4 atom stereocenters. The van der Waals surface area contributed by atoms with Crippen LogP contribution in [0.1, 0.15) is 36.2 Å². The highest BCUT2D eigenvalue weighted by Crippen LogP contribution is 2.29. The van der Waals surface area contributed by atoms with Gasteiger partial charge in [0, 0.05) is 58.3 Å². The van der Waals surface area contributed by atoms with Crippen molar-refractivity contribution in [1.82, 2.24) is 25.8 Å². The second-order valence-electron chi connectivity index (χ2n) is 9.12. The molecule has 3 heterocycles. The number of carbonyl (C=O) groups excluding carboxylic acids is 2. The van der Waals surface area contributed by atoms with E-state index in [1.807, 2.05) is 4.90 Å². The van der Waals surface area contributed by atoms with Crippen LogP contribution in [0.3, 0.4) is 0 Å². The third-order valence-electron chi connectivity index (χ3n) is 6.95. The number of amides is 2. The summed E-state index contributed by atoms with van der Waals surface area (Å²) >= 11 is 0. The van der Waals surface area contributed by atoms with Gasteiger partial charge in [-0.2, -0.15) is 4.39 Å². The molecule has 0 aromatic carbocycles. The number of rotatable bonds is 6. The van der Waals surface area contributed by atoms with E-state index in [4.69, 9.17) is 0 Å². The first kappa shape index (κ1) is 23.7. The minimum Gasteiger partial charge on any atom is -0.365 e. The van der Waals surface area contributed by atoms with Crippen molar-refractivity contribution < 1.29 is 22.8 Å². The zero-order valence-electron chi connectivity index (χ0n) is 18.7. The molecule has 182 valence electrons. The van der Waals surface area contributed by atoms with Gasteiger partial charge in [0.1, 0.15) is 5.69 Å². The molecule has 1 aromatic rings. The summed E-state index contributed by atoms with van der Waals surface area (Å²) in [6, 6.07) is 2.35. The van der Waals surface area contributed by atoms with Crippen LogP contribution < -0.4 is 20.9 Å². The zero-order chi connectivity index (χ0) is 23.5. The summed E-state index contributed by atoms with van der Waals surface area (Å²) in [5.74, 6) is -0.983. The molecule has 0 spiro atoms. The number of nitrogens with zero attached hydrogens (tertiary/aromatic N) is 3. The van der Waals surface area contributed by atoms with Gasteiger partial charge in [0.2, 0.25) is 18.3 Å². The first-order valence-electron chi connectivity index (χ1n) is 11.5. The average molecular weight is 469 g/mol. The van der Waals surface area contributed by atoms with Gasteiger partial charge in [0.25, 0.3) is 5.91 Å². The summed E-state index contributed by atoms with van der Waals surface area (Å²) in [5.41, 5.74) is 0.454. The van der Waals surface area contributed by atoms with Gasteiger partial charge >= 0.3 is 0 Å². The molecule has 4 unspecified atom stereocenters. The van der Waals surface area contributed by atoms with Crippen LogP contribution in [0, 0.1) is 11.9 Å². The number of alkyl halides is 2. The highest BCUT2D eigenvalue weighted by atomic mass is 19.3. The van der Waals surface area contributed by atoms with E-state index in [1.165, 1.54) is 13.1 Å². The molecule has 4 rings (SSSR count). The smallest absolute Gasteiger partial charge is 0.269 e. The maximum atomic E-state index is 14.5. The maximum absolute atomic E-state index is 14.5. The Labute approximate surface area is 191 Å². The van der Waals surface area contributed by atoms with Crippen molar-refractivity contribution in [3.63, 3.8) is 0 Å². The molecule has 8 nitrogen and oxygen atoms in total. The normalized spacial score (nSPS) is 28.4. The van der Waals surface area contributed by atoms with Crippen LogP contribution in [0.5, 0.6) is 0 Å². The first-order valence-corrected chi connectivity index (χ1v) is 11.5. The molecule has 0 bridgehead atoms. The topological polar surface area (TPSA) is 89.6 Å². The van der Waals surface area contributed by atoms with Gasteiger partial charge in [-0.3, -0.25) is 14.5 Å². The van der Waals surface area contributed by atoms with Crippen molar-refractivity contribution in [3.8, 4) is 0 Å². The highest BCUT2D eigenvalue weighted by molar-refractivity contribution is 5.92. The van der Waals surface area contributed by atoms with E-state index < -0.39 is 30.7 Å². The minimum absolute atomic E-state index is 0.0227. The monoisotopic (exact) mass is 468 g/mol. The van der Waals surface area contributed by atoms with E-state index in [1.54, 1.807) is 6.07 Å². The largest absolute Gasteiger partial charge is 0.365 e. The summed E-state index contributed by atoms with van der Waals surface area (Å²) in [6.45, 7) is 3.77. The molecular formula is C22H31F3N6O2. The molecule has 3 N–H and O–H groups in total. The summed E-state index contributed by atoms with van der Waals surface area (Å²) in [4.78, 5) is 31.9. The van der Waals surface area contributed by atoms with Crippen LogP contribution >= 0.6 is 0 Å². The van der Waals surface area contributed by atoms with Gasteiger partial charge in [-0.25, -0.2) is 13.8 Å². The molecule has 1 aliphatic carbocycles. The van der Waals surface area contributed by atoms with E-state index in [0.29, 0.717) is 24.7 Å². The number of nitrogens with one attached hydrogen (secondary N) is 3. The molecule has 2 saturated heterocycles. The van der Waals surface area contributed by atoms with Crippen molar-refractivity contribution >= 4 is 17.5 Å². The molecular weight excluding hydrogens is 437 g/mol. The number of anilines is 1. The van der Waals surface area contributed by atoms with Crippen molar-refractivity contribution in [2.45, 2.75) is 50.2 Å². The first-order chi connectivity index (χ1) is 15.8. The van der Waals surface area contributed by atoms with E-state index in [0.717, 1.165) is 38.9 Å². The summed E-state index contributed by atoms with van der Waals surface area (Å²) < 4.78 is 39.8. The average Bonchev–Trinajstić information content (AvgIpc) is 2.79. The fourth-order valence-corrected chi connectivity index (χ4v) is 5.21. The van der Waals surface area contributed by atoms with Crippen molar-refractivity contribution in [3.05, 3.63) is 23.8 Å². The Kier molecular flexibility index (Phi) is 7.38. The van der Waals surface area contributed by atoms with Gasteiger partial charge in [0.15, 0.2) is 0 Å². The Morgan fingerprint density at radius 3 is 2.64 bits per heavy atom. The predicted molar refractivity (Wildman–Crippen MR) is 117 cm³/mol. The Morgan fingerprint density at radius 2 is 1.97 bits per heavy atom. The Morgan fingerprint density at radius 1 is 1.21 bits per heavy atom. The molecule has 2 aliphatic heterocycles. The lowest BCUT2D eigenvalue weighted by molar-refractivity contribution is -0.128. The van der Waals surface area contributed by atoms with E-state index >= 15 is 0 Å². The summed E-state index contributed by atoms with van der Waals surface area (Å²) in [7, 11) is 1.48. The Bertz CT molecular complexity index is 865. The van der Waals surface area contributed by atoms with Crippen molar-refractivity contribution in [2.75, 3.05) is 44.7 Å². The highest BCUT2D eigenvalue weighted by Gasteiger charge is 2.40. The van der Waals surface area contributed by atoms with Gasteiger partial charge in [-0.15, -0.1) is 0 Å². The lowest BCUT2D eigenvalue weighted by Crippen LogP contribution is -2.66. The zero-order valence-corrected chi connectivity index (χ0v) is 18.7. The van der Waals surface area contributed by atoms with E-state index in [-0.39, 0.29) is 23.7 Å². The molecule has 3 fully saturated rings. The van der Waals surface area contributed by atoms with Gasteiger partial charge in [-0.1, -0.05) is 0 Å². The number of halogens is 3. The number of aromatic nitrogens is 1. The Hall–Kier alpha value is -2.40. The quantitative estimate of drug-likeness (QED) is 0.540. The second-order valence-corrected chi connectivity index (χ2v) is 9.12. The SMILES string of the molecule is CNC(=O)c1ccc(N2CCN(CC3CCC4NC(CC(F)F)C(=O)NC4C3)CC2)c(F)n1. The van der Waals surface area contributed by atoms with Crippen molar-refractivity contribution in [2.24, 2.45) is 5.92 Å². The van der Waals surface area contributed by atoms with Crippen LogP contribution in [-0.2, 0) is 4.79 Å². The fourth-order valence-electron chi connectivity index (χ4n) is 5.21. The third kappa shape index (κ3) is 5.57. The molecule has 1 saturated carbocycles. The lowest BCUT2D eigenvalue weighted by Gasteiger charge is -2.44. The van der Waals surface area contributed by atoms with Crippen LogP contribution in [0.2, 0.25) is 0 Å². The molecule has 33 heavy (non-hydrogen) atoms. The van der Waals surface area contributed by atoms with Gasteiger partial charge in [-0.05, 0) is 37.3 Å². The van der Waals surface area contributed by atoms with Crippen molar-refractivity contribution in [1.29, 1.82) is 0 Å². The van der Waals surface area contributed by atoms with Gasteiger partial charge in [0.05, 0.1) is 11.7 Å². The molecule has 11 heteroatoms. The van der Waals surface area contributed by atoms with E-state index in [9.17, 15) is 22.8 Å². The number of fused-ring (bicyclic) bond motifs is 1. The Balaban J connectivity index is 1.26. The third-order valence-corrected chi connectivity index (χ3v) is 6.95. The number of hydrogen-bond donors (Lipinski definition) is 3. The van der Waals surface area contributed by atoms with Crippen LogP contribution in [-0.4, -0.2) is 86.0 Å². The van der Waals surface area contributed by atoms with Crippen LogP contribution in [0.4, 0.5) is 18.9 Å². The second kappa shape index (κ2) is 10.3. The number of hydrogen-bond acceptors (Lipinski definition) is 6.